The Hall–Kier alpha value is -2.21. The molecule has 1 fully saturated rings. The number of benzene rings is 1. The number of carbonyl (C=O) groups is 1. The molecule has 3 aromatic rings. The largest absolute Gasteiger partial charge is 0.448 e. The predicted molar refractivity (Wildman–Crippen MR) is 88.7 cm³/mol. The van der Waals surface area contributed by atoms with Crippen molar-refractivity contribution in [1.29, 1.82) is 0 Å². The summed E-state index contributed by atoms with van der Waals surface area (Å²) in [4.78, 5) is 23.3. The highest BCUT2D eigenvalue weighted by Crippen LogP contribution is 2.33. The number of piperidine rings is 1. The van der Waals surface area contributed by atoms with Crippen molar-refractivity contribution in [3.63, 3.8) is 0 Å². The van der Waals surface area contributed by atoms with Gasteiger partial charge in [-0.15, -0.1) is 11.3 Å². The summed E-state index contributed by atoms with van der Waals surface area (Å²) in [5, 5.41) is 1.13. The van der Waals surface area contributed by atoms with E-state index in [-0.39, 0.29) is 5.91 Å². The Morgan fingerprint density at radius 3 is 3.04 bits per heavy atom. The van der Waals surface area contributed by atoms with Gasteiger partial charge in [0.05, 0.1) is 15.2 Å². The molecule has 0 radical (unpaired) electrons. The maximum absolute atomic E-state index is 12.6. The molecule has 1 aliphatic rings. The lowest BCUT2D eigenvalue weighted by Crippen LogP contribution is -2.39. The minimum absolute atomic E-state index is 0.0398. The number of rotatable bonds is 2. The van der Waals surface area contributed by atoms with Crippen molar-refractivity contribution in [2.45, 2.75) is 25.7 Å². The Balaban J connectivity index is 1.57. The maximum Gasteiger partial charge on any atom is 0.276 e. The Kier molecular flexibility index (Phi) is 3.61. The van der Waals surface area contributed by atoms with Crippen LogP contribution in [0, 0.1) is 6.92 Å². The summed E-state index contributed by atoms with van der Waals surface area (Å²) in [7, 11) is 0. The molecule has 0 bridgehead atoms. The van der Waals surface area contributed by atoms with Gasteiger partial charge in [-0.3, -0.25) is 4.79 Å². The lowest BCUT2D eigenvalue weighted by Gasteiger charge is -2.31. The van der Waals surface area contributed by atoms with Crippen LogP contribution in [0.4, 0.5) is 0 Å². The average molecular weight is 327 g/mol. The van der Waals surface area contributed by atoms with Gasteiger partial charge in [0.2, 0.25) is 0 Å². The van der Waals surface area contributed by atoms with Gasteiger partial charge in [0, 0.05) is 19.0 Å². The summed E-state index contributed by atoms with van der Waals surface area (Å²) in [6.07, 6.45) is 3.39. The van der Waals surface area contributed by atoms with Crippen molar-refractivity contribution >= 4 is 27.5 Å². The van der Waals surface area contributed by atoms with Gasteiger partial charge >= 0.3 is 0 Å². The molecule has 1 saturated heterocycles. The van der Waals surface area contributed by atoms with Crippen LogP contribution in [0.15, 0.2) is 35.1 Å². The minimum atomic E-state index is -0.0398. The van der Waals surface area contributed by atoms with Crippen molar-refractivity contribution in [1.82, 2.24) is 14.9 Å². The van der Waals surface area contributed by atoms with E-state index in [0.717, 1.165) is 29.9 Å². The molecule has 0 unspecified atom stereocenters. The Bertz CT molecular complexity index is 821. The number of likely N-dealkylation sites (tertiary alicyclic amines) is 1. The van der Waals surface area contributed by atoms with Crippen molar-refractivity contribution in [3.8, 4) is 0 Å². The second-order valence-electron chi connectivity index (χ2n) is 5.87. The quantitative estimate of drug-likeness (QED) is 0.721. The molecule has 1 atom stereocenters. The normalized spacial score (nSPS) is 18.5. The van der Waals surface area contributed by atoms with E-state index in [1.54, 1.807) is 18.3 Å². The van der Waals surface area contributed by atoms with Gasteiger partial charge in [-0.2, -0.15) is 0 Å². The first-order valence-corrected chi connectivity index (χ1v) is 8.59. The average Bonchev–Trinajstić information content (AvgIpc) is 3.20. The zero-order chi connectivity index (χ0) is 15.8. The zero-order valence-electron chi connectivity index (χ0n) is 12.9. The van der Waals surface area contributed by atoms with Gasteiger partial charge in [-0.05, 0) is 31.9 Å². The zero-order valence-corrected chi connectivity index (χ0v) is 13.7. The van der Waals surface area contributed by atoms with E-state index in [4.69, 9.17) is 9.40 Å². The van der Waals surface area contributed by atoms with Crippen LogP contribution in [0.2, 0.25) is 0 Å². The van der Waals surface area contributed by atoms with Crippen molar-refractivity contribution < 1.29 is 9.21 Å². The van der Waals surface area contributed by atoms with Gasteiger partial charge in [0.15, 0.2) is 12.1 Å². The molecule has 4 rings (SSSR count). The lowest BCUT2D eigenvalue weighted by molar-refractivity contribution is 0.0700. The standard InChI is InChI=1S/C17H17N3O2S/c1-11-15(18-10-22-11)17(21)20-8-4-5-12(9-20)16-19-13-6-2-3-7-14(13)23-16/h2-3,6-7,10,12H,4-5,8-9H2,1H3/t12-/m1/s1. The minimum Gasteiger partial charge on any atom is -0.448 e. The number of thiazole rings is 1. The molecule has 23 heavy (non-hydrogen) atoms. The SMILES string of the molecule is Cc1ocnc1C(=O)N1CCC[C@@H](c2nc3ccccc3s2)C1. The predicted octanol–water partition coefficient (Wildman–Crippen LogP) is 3.61. The van der Waals surface area contributed by atoms with Gasteiger partial charge < -0.3 is 9.32 Å². The first-order valence-electron chi connectivity index (χ1n) is 7.77. The first kappa shape index (κ1) is 14.4. The fraction of sp³-hybridized carbons (Fsp3) is 0.353. The molecule has 0 N–H and O–H groups in total. The number of oxazole rings is 1. The summed E-state index contributed by atoms with van der Waals surface area (Å²) < 4.78 is 6.37. The summed E-state index contributed by atoms with van der Waals surface area (Å²) in [5.41, 5.74) is 1.47. The van der Waals surface area contributed by atoms with Gasteiger partial charge in [-0.1, -0.05) is 12.1 Å². The summed E-state index contributed by atoms with van der Waals surface area (Å²) in [5.74, 6) is 0.844. The molecule has 3 heterocycles. The van der Waals surface area contributed by atoms with Crippen LogP contribution in [0.5, 0.6) is 0 Å². The van der Waals surface area contributed by atoms with Crippen LogP contribution in [-0.4, -0.2) is 33.9 Å². The van der Waals surface area contributed by atoms with E-state index in [1.807, 2.05) is 23.1 Å². The summed E-state index contributed by atoms with van der Waals surface area (Å²) in [6.45, 7) is 3.24. The molecule has 0 saturated carbocycles. The van der Waals surface area contributed by atoms with Crippen LogP contribution in [0.3, 0.4) is 0 Å². The third-order valence-corrected chi connectivity index (χ3v) is 5.51. The van der Waals surface area contributed by atoms with Crippen LogP contribution in [-0.2, 0) is 0 Å². The Morgan fingerprint density at radius 1 is 1.39 bits per heavy atom. The van der Waals surface area contributed by atoms with Crippen LogP contribution in [0.1, 0.15) is 40.0 Å². The number of amides is 1. The molecule has 1 amide bonds. The molecule has 0 spiro atoms. The van der Waals surface area contributed by atoms with Crippen molar-refractivity contribution in [2.75, 3.05) is 13.1 Å². The molecule has 1 aromatic carbocycles. The molecule has 5 nitrogen and oxygen atoms in total. The van der Waals surface area contributed by atoms with E-state index in [2.05, 4.69) is 11.1 Å². The van der Waals surface area contributed by atoms with E-state index in [0.29, 0.717) is 23.9 Å². The number of aryl methyl sites for hydroxylation is 1. The smallest absolute Gasteiger partial charge is 0.276 e. The highest BCUT2D eigenvalue weighted by Gasteiger charge is 2.29. The third-order valence-electron chi connectivity index (χ3n) is 4.32. The van der Waals surface area contributed by atoms with Crippen LogP contribution in [0.25, 0.3) is 10.2 Å². The molecule has 2 aromatic heterocycles. The van der Waals surface area contributed by atoms with Gasteiger partial charge in [0.1, 0.15) is 5.76 Å². The highest BCUT2D eigenvalue weighted by molar-refractivity contribution is 7.18. The molecule has 0 aliphatic carbocycles. The fourth-order valence-electron chi connectivity index (χ4n) is 3.09. The maximum atomic E-state index is 12.6. The second kappa shape index (κ2) is 5.77. The van der Waals surface area contributed by atoms with Crippen LogP contribution >= 0.6 is 11.3 Å². The van der Waals surface area contributed by atoms with Gasteiger partial charge in [0.25, 0.3) is 5.91 Å². The molecular weight excluding hydrogens is 310 g/mol. The summed E-state index contributed by atoms with van der Waals surface area (Å²) in [6, 6.07) is 8.19. The van der Waals surface area contributed by atoms with E-state index < -0.39 is 0 Å². The van der Waals surface area contributed by atoms with E-state index in [9.17, 15) is 4.79 Å². The van der Waals surface area contributed by atoms with Crippen LogP contribution < -0.4 is 0 Å². The van der Waals surface area contributed by atoms with Crippen molar-refractivity contribution in [3.05, 3.63) is 47.1 Å². The number of aromatic nitrogens is 2. The van der Waals surface area contributed by atoms with E-state index >= 15 is 0 Å². The van der Waals surface area contributed by atoms with Gasteiger partial charge in [-0.25, -0.2) is 9.97 Å². The summed E-state index contributed by atoms with van der Waals surface area (Å²) >= 11 is 1.73. The number of carbonyl (C=O) groups excluding carboxylic acids is 1. The first-order chi connectivity index (χ1) is 11.2. The second-order valence-corrected chi connectivity index (χ2v) is 6.93. The number of fused-ring (bicyclic) bond motifs is 1. The third kappa shape index (κ3) is 2.63. The molecule has 6 heteroatoms. The number of nitrogens with zero attached hydrogens (tertiary/aromatic N) is 3. The fourth-order valence-corrected chi connectivity index (χ4v) is 4.18. The highest BCUT2D eigenvalue weighted by atomic mass is 32.1. The van der Waals surface area contributed by atoms with Crippen molar-refractivity contribution in [2.24, 2.45) is 0 Å². The topological polar surface area (TPSA) is 59.2 Å². The monoisotopic (exact) mass is 327 g/mol. The molecule has 118 valence electrons. The molecule has 1 aliphatic heterocycles. The number of hydrogen-bond acceptors (Lipinski definition) is 5. The molecular formula is C17H17N3O2S. The Labute approximate surface area is 138 Å². The lowest BCUT2D eigenvalue weighted by atomic mass is 9.98. The number of hydrogen-bond donors (Lipinski definition) is 0. The number of para-hydroxylation sites is 1. The van der Waals surface area contributed by atoms with E-state index in [1.165, 1.54) is 11.1 Å². The Morgan fingerprint density at radius 2 is 2.26 bits per heavy atom.